The molecule has 27 heavy (non-hydrogen) atoms. The van der Waals surface area contributed by atoms with Crippen molar-refractivity contribution in [3.8, 4) is 11.5 Å². The number of nitrogens with zero attached hydrogens (tertiary/aromatic N) is 3. The Kier molecular flexibility index (Phi) is 5.11. The van der Waals surface area contributed by atoms with Crippen LogP contribution in [0.3, 0.4) is 0 Å². The molecule has 0 bridgehead atoms. The van der Waals surface area contributed by atoms with Gasteiger partial charge >= 0.3 is 0 Å². The first kappa shape index (κ1) is 17.6. The predicted octanol–water partition coefficient (Wildman–Crippen LogP) is 3.50. The largest absolute Gasteiger partial charge is 0.454 e. The lowest BCUT2D eigenvalue weighted by molar-refractivity contribution is -0.128. The van der Waals surface area contributed by atoms with Gasteiger partial charge in [0.15, 0.2) is 11.5 Å². The second-order valence-corrected chi connectivity index (χ2v) is 7.04. The number of hydrogen-bond acceptors (Lipinski definition) is 6. The molecule has 6 nitrogen and oxygen atoms in total. The number of aromatic nitrogens is 2. The van der Waals surface area contributed by atoms with Gasteiger partial charge in [0.05, 0.1) is 11.3 Å². The Hall–Kier alpha value is -2.80. The molecular weight excluding hydrogens is 362 g/mol. The number of fused-ring (bicyclic) bond motifs is 2. The molecule has 0 atom stereocenters. The first-order chi connectivity index (χ1) is 13.2. The van der Waals surface area contributed by atoms with Crippen LogP contribution in [0.2, 0.25) is 0 Å². The van der Waals surface area contributed by atoms with Crippen LogP contribution < -0.4 is 9.47 Å². The Balaban J connectivity index is 1.43. The molecule has 3 aromatic rings. The van der Waals surface area contributed by atoms with E-state index < -0.39 is 0 Å². The first-order valence-corrected chi connectivity index (χ1v) is 9.72. The highest BCUT2D eigenvalue weighted by molar-refractivity contribution is 8.00. The number of amides is 1. The molecule has 1 aromatic heterocycles. The molecule has 0 saturated carbocycles. The standard InChI is InChI=1S/C20H19N3O3S/c1-2-23(10-14-7-8-17-18(9-14)26-13-25-17)19(24)11-27-20-15-5-3-4-6-16(15)21-12-22-20/h3-9,12H,2,10-11,13H2,1H3. The summed E-state index contributed by atoms with van der Waals surface area (Å²) in [5.41, 5.74) is 1.90. The third-order valence-corrected chi connectivity index (χ3v) is 5.37. The first-order valence-electron chi connectivity index (χ1n) is 8.73. The van der Waals surface area contributed by atoms with E-state index in [0.717, 1.165) is 33.0 Å². The van der Waals surface area contributed by atoms with Crippen LogP contribution in [-0.2, 0) is 11.3 Å². The molecule has 1 aliphatic rings. The average molecular weight is 381 g/mol. The zero-order valence-electron chi connectivity index (χ0n) is 14.9. The zero-order valence-corrected chi connectivity index (χ0v) is 15.7. The number of thioether (sulfide) groups is 1. The van der Waals surface area contributed by atoms with E-state index >= 15 is 0 Å². The highest BCUT2D eigenvalue weighted by atomic mass is 32.2. The van der Waals surface area contributed by atoms with Crippen LogP contribution in [0.15, 0.2) is 53.8 Å². The Bertz CT molecular complexity index is 974. The molecule has 0 N–H and O–H groups in total. The van der Waals surface area contributed by atoms with Gasteiger partial charge in [0.25, 0.3) is 0 Å². The highest BCUT2D eigenvalue weighted by Gasteiger charge is 2.17. The minimum atomic E-state index is 0.0721. The molecule has 0 spiro atoms. The van der Waals surface area contributed by atoms with Gasteiger partial charge in [-0.25, -0.2) is 9.97 Å². The fourth-order valence-electron chi connectivity index (χ4n) is 2.95. The van der Waals surface area contributed by atoms with E-state index in [4.69, 9.17) is 9.47 Å². The van der Waals surface area contributed by atoms with Gasteiger partial charge in [-0.15, -0.1) is 0 Å². The number of carbonyl (C=O) groups is 1. The van der Waals surface area contributed by atoms with E-state index in [-0.39, 0.29) is 12.7 Å². The third-order valence-electron chi connectivity index (χ3n) is 4.38. The SMILES string of the molecule is CCN(Cc1ccc2c(c1)OCO2)C(=O)CSc1ncnc2ccccc12. The van der Waals surface area contributed by atoms with E-state index in [1.54, 1.807) is 6.33 Å². The van der Waals surface area contributed by atoms with Gasteiger partial charge in [-0.05, 0) is 30.7 Å². The van der Waals surface area contributed by atoms with Crippen LogP contribution in [0.25, 0.3) is 10.9 Å². The van der Waals surface area contributed by atoms with Crippen molar-refractivity contribution in [1.82, 2.24) is 14.9 Å². The van der Waals surface area contributed by atoms with Crippen molar-refractivity contribution >= 4 is 28.6 Å². The Morgan fingerprint density at radius 1 is 1.15 bits per heavy atom. The lowest BCUT2D eigenvalue weighted by Crippen LogP contribution is -2.31. The van der Waals surface area contributed by atoms with E-state index in [1.807, 2.05) is 54.3 Å². The summed E-state index contributed by atoms with van der Waals surface area (Å²) in [6, 6.07) is 13.6. The van der Waals surface area contributed by atoms with Gasteiger partial charge in [0.2, 0.25) is 12.7 Å². The quantitative estimate of drug-likeness (QED) is 0.481. The van der Waals surface area contributed by atoms with Crippen molar-refractivity contribution in [2.24, 2.45) is 0 Å². The van der Waals surface area contributed by atoms with Crippen LogP contribution >= 0.6 is 11.8 Å². The van der Waals surface area contributed by atoms with Crippen LogP contribution in [0.5, 0.6) is 11.5 Å². The topological polar surface area (TPSA) is 64.6 Å². The number of carbonyl (C=O) groups excluding carboxylic acids is 1. The molecule has 1 amide bonds. The minimum Gasteiger partial charge on any atom is -0.454 e. The molecule has 0 unspecified atom stereocenters. The third kappa shape index (κ3) is 3.83. The number of para-hydroxylation sites is 1. The van der Waals surface area contributed by atoms with Gasteiger partial charge in [-0.3, -0.25) is 4.79 Å². The summed E-state index contributed by atoms with van der Waals surface area (Å²) in [5, 5.41) is 1.80. The Morgan fingerprint density at radius 3 is 2.89 bits per heavy atom. The molecule has 2 aromatic carbocycles. The van der Waals surface area contributed by atoms with Gasteiger partial charge < -0.3 is 14.4 Å². The lowest BCUT2D eigenvalue weighted by atomic mass is 10.2. The fourth-order valence-corrected chi connectivity index (χ4v) is 3.85. The normalized spacial score (nSPS) is 12.3. The smallest absolute Gasteiger partial charge is 0.233 e. The van der Waals surface area contributed by atoms with Gasteiger partial charge in [0, 0.05) is 18.5 Å². The van der Waals surface area contributed by atoms with Crippen molar-refractivity contribution in [2.45, 2.75) is 18.5 Å². The number of hydrogen-bond donors (Lipinski definition) is 0. The Morgan fingerprint density at radius 2 is 2.00 bits per heavy atom. The van der Waals surface area contributed by atoms with Gasteiger partial charge in [-0.2, -0.15) is 0 Å². The van der Waals surface area contributed by atoms with Crippen LogP contribution in [-0.4, -0.2) is 39.9 Å². The fraction of sp³-hybridized carbons (Fsp3) is 0.250. The Labute approximate surface area is 161 Å². The van der Waals surface area contributed by atoms with E-state index in [1.165, 1.54) is 11.8 Å². The molecule has 0 radical (unpaired) electrons. The molecule has 0 aliphatic carbocycles. The maximum absolute atomic E-state index is 12.7. The summed E-state index contributed by atoms with van der Waals surface area (Å²) >= 11 is 1.45. The van der Waals surface area contributed by atoms with Crippen molar-refractivity contribution in [2.75, 3.05) is 19.1 Å². The summed E-state index contributed by atoms with van der Waals surface area (Å²) in [4.78, 5) is 23.2. The molecule has 4 rings (SSSR count). The van der Waals surface area contributed by atoms with Gasteiger partial charge in [-0.1, -0.05) is 36.0 Å². The number of ether oxygens (including phenoxy) is 2. The van der Waals surface area contributed by atoms with Crippen LogP contribution in [0.4, 0.5) is 0 Å². The minimum absolute atomic E-state index is 0.0721. The zero-order chi connectivity index (χ0) is 18.6. The summed E-state index contributed by atoms with van der Waals surface area (Å²) in [7, 11) is 0. The van der Waals surface area contributed by atoms with E-state index in [2.05, 4.69) is 9.97 Å². The molecule has 7 heteroatoms. The summed E-state index contributed by atoms with van der Waals surface area (Å²) in [5.74, 6) is 1.89. The summed E-state index contributed by atoms with van der Waals surface area (Å²) in [6.45, 7) is 3.41. The summed E-state index contributed by atoms with van der Waals surface area (Å²) in [6.07, 6.45) is 1.54. The van der Waals surface area contributed by atoms with Crippen molar-refractivity contribution in [3.05, 3.63) is 54.4 Å². The van der Waals surface area contributed by atoms with E-state index in [9.17, 15) is 4.79 Å². The van der Waals surface area contributed by atoms with Crippen LogP contribution in [0, 0.1) is 0 Å². The second-order valence-electron chi connectivity index (χ2n) is 6.08. The second kappa shape index (κ2) is 7.84. The lowest BCUT2D eigenvalue weighted by Gasteiger charge is -2.21. The molecule has 0 saturated heterocycles. The van der Waals surface area contributed by atoms with E-state index in [0.29, 0.717) is 18.8 Å². The maximum atomic E-state index is 12.7. The average Bonchev–Trinajstić information content (AvgIpc) is 3.18. The molecule has 2 heterocycles. The number of benzene rings is 2. The predicted molar refractivity (Wildman–Crippen MR) is 104 cm³/mol. The van der Waals surface area contributed by atoms with Crippen LogP contribution in [0.1, 0.15) is 12.5 Å². The number of rotatable bonds is 6. The molecular formula is C20H19N3O3S. The van der Waals surface area contributed by atoms with Crippen molar-refractivity contribution in [1.29, 1.82) is 0 Å². The molecule has 0 fully saturated rings. The van der Waals surface area contributed by atoms with Crippen molar-refractivity contribution < 1.29 is 14.3 Å². The molecule has 1 aliphatic heterocycles. The monoisotopic (exact) mass is 381 g/mol. The summed E-state index contributed by atoms with van der Waals surface area (Å²) < 4.78 is 10.8. The maximum Gasteiger partial charge on any atom is 0.233 e. The van der Waals surface area contributed by atoms with Crippen molar-refractivity contribution in [3.63, 3.8) is 0 Å². The highest BCUT2D eigenvalue weighted by Crippen LogP contribution is 2.33. The van der Waals surface area contributed by atoms with Gasteiger partial charge in [0.1, 0.15) is 11.4 Å². The molecule has 138 valence electrons.